The third kappa shape index (κ3) is 3.75. The summed E-state index contributed by atoms with van der Waals surface area (Å²) >= 11 is 0. The van der Waals surface area contributed by atoms with Crippen molar-refractivity contribution in [3.05, 3.63) is 71.0 Å². The Bertz CT molecular complexity index is 816. The summed E-state index contributed by atoms with van der Waals surface area (Å²) in [5, 5.41) is 14.4. The van der Waals surface area contributed by atoms with E-state index in [1.54, 1.807) is 23.1 Å². The maximum absolute atomic E-state index is 13.9. The van der Waals surface area contributed by atoms with E-state index in [0.29, 0.717) is 24.9 Å². The Morgan fingerprint density at radius 1 is 1.11 bits per heavy atom. The molecule has 4 nitrogen and oxygen atoms in total. The number of rotatable bonds is 5. The van der Waals surface area contributed by atoms with Gasteiger partial charge in [0.15, 0.2) is 5.60 Å². The van der Waals surface area contributed by atoms with Gasteiger partial charge in [0, 0.05) is 31.2 Å². The Kier molecular flexibility index (Phi) is 4.98. The highest BCUT2D eigenvalue weighted by Crippen LogP contribution is 2.26. The molecule has 1 fully saturated rings. The molecule has 1 atom stereocenters. The first-order valence-electron chi connectivity index (χ1n) is 9.60. The Hall–Kier alpha value is -2.24. The fourth-order valence-corrected chi connectivity index (χ4v) is 4.23. The average molecular weight is 368 g/mol. The van der Waals surface area contributed by atoms with Crippen LogP contribution < -0.4 is 5.32 Å². The van der Waals surface area contributed by atoms with Gasteiger partial charge in [0.05, 0.1) is 0 Å². The topological polar surface area (TPSA) is 52.6 Å². The lowest BCUT2D eigenvalue weighted by Gasteiger charge is -2.39. The van der Waals surface area contributed by atoms with Crippen molar-refractivity contribution in [2.24, 2.45) is 0 Å². The molecule has 2 aromatic carbocycles. The number of carbonyl (C=O) groups excluding carboxylic acids is 1. The van der Waals surface area contributed by atoms with Gasteiger partial charge in [-0.3, -0.25) is 4.79 Å². The molecule has 2 N–H and O–H groups in total. The number of hydrogen-bond acceptors (Lipinski definition) is 3. The molecule has 1 saturated heterocycles. The molecule has 1 aliphatic heterocycles. The summed E-state index contributed by atoms with van der Waals surface area (Å²) in [6.07, 6.45) is 2.98. The molecule has 4 rings (SSSR count). The summed E-state index contributed by atoms with van der Waals surface area (Å²) in [6.45, 7) is 0.977. The number of fused-ring (bicyclic) bond motifs is 1. The zero-order valence-corrected chi connectivity index (χ0v) is 15.3. The molecule has 2 aromatic rings. The first-order valence-corrected chi connectivity index (χ1v) is 9.60. The minimum Gasteiger partial charge on any atom is -0.379 e. The van der Waals surface area contributed by atoms with Gasteiger partial charge in [0.25, 0.3) is 5.91 Å². The van der Waals surface area contributed by atoms with Crippen LogP contribution in [0.3, 0.4) is 0 Å². The number of benzene rings is 2. The molecular formula is C22H25FN2O2. The molecule has 27 heavy (non-hydrogen) atoms. The third-order valence-corrected chi connectivity index (χ3v) is 5.76. The molecule has 1 heterocycles. The zero-order valence-electron chi connectivity index (χ0n) is 15.3. The third-order valence-electron chi connectivity index (χ3n) is 5.76. The molecule has 0 spiro atoms. The summed E-state index contributed by atoms with van der Waals surface area (Å²) < 4.78 is 13.9. The Balaban J connectivity index is 1.39. The predicted molar refractivity (Wildman–Crippen MR) is 102 cm³/mol. The minimum atomic E-state index is -1.42. The first kappa shape index (κ1) is 18.1. The highest BCUT2D eigenvalue weighted by atomic mass is 19.1. The molecule has 1 amide bonds. The van der Waals surface area contributed by atoms with Crippen molar-refractivity contribution in [2.45, 2.75) is 43.9 Å². The second kappa shape index (κ2) is 7.41. The van der Waals surface area contributed by atoms with Crippen molar-refractivity contribution in [3.8, 4) is 0 Å². The van der Waals surface area contributed by atoms with Gasteiger partial charge < -0.3 is 15.3 Å². The fraction of sp³-hybridized carbons (Fsp3) is 0.409. The van der Waals surface area contributed by atoms with Crippen LogP contribution in [0.5, 0.6) is 0 Å². The van der Waals surface area contributed by atoms with Crippen LogP contribution in [0, 0.1) is 5.82 Å². The number of nitrogens with zero attached hydrogens (tertiary/aromatic N) is 1. The van der Waals surface area contributed by atoms with E-state index in [-0.39, 0.29) is 30.9 Å². The molecule has 142 valence electrons. The van der Waals surface area contributed by atoms with E-state index < -0.39 is 5.60 Å². The van der Waals surface area contributed by atoms with Crippen molar-refractivity contribution < 1.29 is 14.3 Å². The van der Waals surface area contributed by atoms with Gasteiger partial charge in [0.2, 0.25) is 0 Å². The van der Waals surface area contributed by atoms with Crippen LogP contribution in [0.1, 0.15) is 29.5 Å². The van der Waals surface area contributed by atoms with E-state index in [2.05, 4.69) is 17.4 Å². The summed E-state index contributed by atoms with van der Waals surface area (Å²) in [4.78, 5) is 14.5. The highest BCUT2D eigenvalue weighted by Gasteiger charge is 2.42. The van der Waals surface area contributed by atoms with Gasteiger partial charge in [-0.05, 0) is 42.9 Å². The predicted octanol–water partition coefficient (Wildman–Crippen LogP) is 2.44. The van der Waals surface area contributed by atoms with Gasteiger partial charge in [-0.2, -0.15) is 0 Å². The summed E-state index contributed by atoms with van der Waals surface area (Å²) in [6, 6.07) is 15.1. The van der Waals surface area contributed by atoms with E-state index in [1.807, 2.05) is 12.1 Å². The molecular weight excluding hydrogens is 343 g/mol. The molecule has 0 radical (unpaired) electrons. The van der Waals surface area contributed by atoms with Crippen LogP contribution in [0.4, 0.5) is 4.39 Å². The average Bonchev–Trinajstić information content (AvgIpc) is 3.09. The van der Waals surface area contributed by atoms with Gasteiger partial charge in [0.1, 0.15) is 5.82 Å². The van der Waals surface area contributed by atoms with Crippen LogP contribution in [0.2, 0.25) is 0 Å². The summed E-state index contributed by atoms with van der Waals surface area (Å²) in [5.41, 5.74) is 1.73. The maximum atomic E-state index is 13.9. The lowest BCUT2D eigenvalue weighted by Crippen LogP contribution is -2.58. The second-order valence-electron chi connectivity index (χ2n) is 7.71. The van der Waals surface area contributed by atoms with E-state index in [9.17, 15) is 14.3 Å². The van der Waals surface area contributed by atoms with E-state index in [0.717, 1.165) is 12.8 Å². The lowest BCUT2D eigenvalue weighted by molar-refractivity contribution is -0.157. The van der Waals surface area contributed by atoms with Gasteiger partial charge in [-0.15, -0.1) is 0 Å². The Morgan fingerprint density at radius 3 is 2.48 bits per heavy atom. The van der Waals surface area contributed by atoms with E-state index in [1.165, 1.54) is 17.2 Å². The van der Waals surface area contributed by atoms with E-state index >= 15 is 0 Å². The Labute approximate surface area is 159 Å². The van der Waals surface area contributed by atoms with Crippen LogP contribution >= 0.6 is 0 Å². The maximum Gasteiger partial charge on any atom is 0.256 e. The van der Waals surface area contributed by atoms with E-state index in [4.69, 9.17) is 0 Å². The largest absolute Gasteiger partial charge is 0.379 e. The molecule has 0 saturated carbocycles. The van der Waals surface area contributed by atoms with Crippen molar-refractivity contribution >= 4 is 5.91 Å². The van der Waals surface area contributed by atoms with Crippen molar-refractivity contribution in [1.29, 1.82) is 0 Å². The molecule has 1 unspecified atom stereocenters. The SMILES string of the molecule is O=C1N(Cc2ccccc2F)CCCC1(O)CNC1Cc2ccccc2C1. The number of aliphatic hydroxyl groups is 1. The van der Waals surface area contributed by atoms with Gasteiger partial charge >= 0.3 is 0 Å². The number of piperidine rings is 1. The highest BCUT2D eigenvalue weighted by molar-refractivity contribution is 5.86. The molecule has 0 aromatic heterocycles. The molecule has 5 heteroatoms. The number of likely N-dealkylation sites (tertiary alicyclic amines) is 1. The molecule has 0 bridgehead atoms. The number of amides is 1. The monoisotopic (exact) mass is 368 g/mol. The lowest BCUT2D eigenvalue weighted by atomic mass is 9.91. The van der Waals surface area contributed by atoms with Crippen molar-refractivity contribution in [3.63, 3.8) is 0 Å². The van der Waals surface area contributed by atoms with Crippen LogP contribution in [0.15, 0.2) is 48.5 Å². The number of nitrogens with one attached hydrogen (secondary N) is 1. The summed E-state index contributed by atoms with van der Waals surface area (Å²) in [5.74, 6) is -0.624. The van der Waals surface area contributed by atoms with Crippen LogP contribution in [-0.2, 0) is 24.2 Å². The standard InChI is InChI=1S/C22H25FN2O2/c23-20-9-4-3-8-18(20)14-25-11-5-10-22(27,21(25)26)15-24-19-12-16-6-1-2-7-17(16)13-19/h1-4,6-9,19,24,27H,5,10-15H2. The second-order valence-corrected chi connectivity index (χ2v) is 7.71. The van der Waals surface area contributed by atoms with Crippen molar-refractivity contribution in [1.82, 2.24) is 10.2 Å². The zero-order chi connectivity index (χ0) is 18.9. The van der Waals surface area contributed by atoms with Crippen LogP contribution in [0.25, 0.3) is 0 Å². The van der Waals surface area contributed by atoms with Crippen molar-refractivity contribution in [2.75, 3.05) is 13.1 Å². The normalized spacial score (nSPS) is 22.9. The fourth-order valence-electron chi connectivity index (χ4n) is 4.23. The number of carbonyl (C=O) groups is 1. The first-order chi connectivity index (χ1) is 13.0. The number of hydrogen-bond donors (Lipinski definition) is 2. The van der Waals surface area contributed by atoms with Gasteiger partial charge in [-0.25, -0.2) is 4.39 Å². The molecule has 1 aliphatic carbocycles. The number of halogens is 1. The smallest absolute Gasteiger partial charge is 0.256 e. The summed E-state index contributed by atoms with van der Waals surface area (Å²) in [7, 11) is 0. The molecule has 2 aliphatic rings. The van der Waals surface area contributed by atoms with Crippen LogP contribution in [-0.4, -0.2) is 40.6 Å². The minimum absolute atomic E-state index is 0.197. The quantitative estimate of drug-likeness (QED) is 0.852. The Morgan fingerprint density at radius 2 is 1.78 bits per heavy atom. The van der Waals surface area contributed by atoms with Gasteiger partial charge in [-0.1, -0.05) is 42.5 Å².